The van der Waals surface area contributed by atoms with Crippen molar-refractivity contribution in [2.45, 2.75) is 32.7 Å². The summed E-state index contributed by atoms with van der Waals surface area (Å²) in [6.45, 7) is 2.75. The molecular formula is C11H17NO5. The van der Waals surface area contributed by atoms with Gasteiger partial charge >= 0.3 is 5.97 Å². The van der Waals surface area contributed by atoms with Crippen molar-refractivity contribution < 1.29 is 24.6 Å². The lowest BCUT2D eigenvalue weighted by Gasteiger charge is -2.25. The van der Waals surface area contributed by atoms with E-state index in [1.807, 2.05) is 0 Å². The molecular weight excluding hydrogens is 226 g/mol. The number of amides is 1. The van der Waals surface area contributed by atoms with Crippen LogP contribution in [0.1, 0.15) is 26.7 Å². The second-order valence-electron chi connectivity index (χ2n) is 4.87. The van der Waals surface area contributed by atoms with Gasteiger partial charge in [0.1, 0.15) is 6.04 Å². The number of ketones is 1. The Balaban J connectivity index is 2.83. The van der Waals surface area contributed by atoms with Crippen LogP contribution in [-0.4, -0.2) is 52.0 Å². The van der Waals surface area contributed by atoms with Crippen LogP contribution in [0.2, 0.25) is 0 Å². The van der Waals surface area contributed by atoms with Crippen molar-refractivity contribution in [1.29, 1.82) is 0 Å². The Morgan fingerprint density at radius 1 is 1.35 bits per heavy atom. The molecule has 0 unspecified atom stereocenters. The van der Waals surface area contributed by atoms with Gasteiger partial charge in [-0.15, -0.1) is 0 Å². The molecule has 1 saturated heterocycles. The summed E-state index contributed by atoms with van der Waals surface area (Å²) in [6, 6.07) is -0.916. The van der Waals surface area contributed by atoms with E-state index in [0.29, 0.717) is 12.8 Å². The Morgan fingerprint density at radius 2 is 1.94 bits per heavy atom. The van der Waals surface area contributed by atoms with Crippen LogP contribution < -0.4 is 0 Å². The average Bonchev–Trinajstić information content (AvgIpc) is 2.75. The lowest BCUT2D eigenvalue weighted by atomic mass is 9.88. The number of aliphatic hydroxyl groups is 1. The molecule has 1 rings (SSSR count). The molecule has 2 N–H and O–H groups in total. The molecule has 0 saturated carbocycles. The quantitative estimate of drug-likeness (QED) is 0.658. The molecule has 96 valence electrons. The first-order valence-corrected chi connectivity index (χ1v) is 5.50. The molecule has 0 bridgehead atoms. The molecule has 0 aliphatic carbocycles. The van der Waals surface area contributed by atoms with E-state index >= 15 is 0 Å². The number of nitrogens with zero attached hydrogens (tertiary/aromatic N) is 1. The summed E-state index contributed by atoms with van der Waals surface area (Å²) in [5.74, 6) is -2.65. The molecule has 0 aromatic carbocycles. The molecule has 0 aromatic heterocycles. The van der Waals surface area contributed by atoms with Gasteiger partial charge in [-0.05, 0) is 12.8 Å². The number of aliphatic hydroxyl groups excluding tert-OH is 1. The number of carboxylic acid groups (broad SMARTS) is 1. The van der Waals surface area contributed by atoms with E-state index in [1.54, 1.807) is 0 Å². The second-order valence-corrected chi connectivity index (χ2v) is 4.87. The average molecular weight is 243 g/mol. The van der Waals surface area contributed by atoms with Gasteiger partial charge in [-0.2, -0.15) is 0 Å². The summed E-state index contributed by atoms with van der Waals surface area (Å²) in [5, 5.41) is 17.9. The summed E-state index contributed by atoms with van der Waals surface area (Å²) >= 11 is 0. The molecule has 6 nitrogen and oxygen atoms in total. The maximum Gasteiger partial charge on any atom is 0.326 e. The van der Waals surface area contributed by atoms with Gasteiger partial charge in [0.2, 0.25) is 5.78 Å². The summed E-state index contributed by atoms with van der Waals surface area (Å²) in [5.41, 5.74) is -1.16. The molecule has 0 radical (unpaired) electrons. The zero-order chi connectivity index (χ0) is 13.2. The fraction of sp³-hybridized carbons (Fsp3) is 0.727. The predicted octanol–water partition coefficient (Wildman–Crippen LogP) is -0.350. The number of aliphatic carboxylic acids is 1. The maximum atomic E-state index is 11.9. The van der Waals surface area contributed by atoms with Crippen LogP contribution in [0.25, 0.3) is 0 Å². The first-order chi connectivity index (χ1) is 7.81. The highest BCUT2D eigenvalue weighted by molar-refractivity contribution is 6.38. The molecule has 1 amide bonds. The van der Waals surface area contributed by atoms with E-state index in [0.717, 1.165) is 4.90 Å². The lowest BCUT2D eigenvalue weighted by Crippen LogP contribution is -2.48. The fourth-order valence-corrected chi connectivity index (χ4v) is 1.76. The van der Waals surface area contributed by atoms with Gasteiger partial charge in [0.25, 0.3) is 5.91 Å². The van der Waals surface area contributed by atoms with E-state index in [2.05, 4.69) is 0 Å². The molecule has 0 aromatic rings. The zero-order valence-corrected chi connectivity index (χ0v) is 9.97. The molecule has 1 fully saturated rings. The minimum atomic E-state index is -1.16. The highest BCUT2D eigenvalue weighted by atomic mass is 16.4. The Bertz CT molecular complexity index is 350. The number of carbonyl (C=O) groups is 3. The number of Topliss-reactive ketones (excluding diaryl/α,β-unsaturated/α-hetero) is 1. The van der Waals surface area contributed by atoms with Crippen LogP contribution >= 0.6 is 0 Å². The van der Waals surface area contributed by atoms with Crippen LogP contribution in [0.4, 0.5) is 0 Å². The van der Waals surface area contributed by atoms with E-state index < -0.39 is 35.7 Å². The molecule has 1 atom stereocenters. The third-order valence-corrected chi connectivity index (χ3v) is 3.00. The number of carboxylic acids is 1. The Morgan fingerprint density at radius 3 is 2.41 bits per heavy atom. The Labute approximate surface area is 99.2 Å². The zero-order valence-electron chi connectivity index (χ0n) is 9.97. The largest absolute Gasteiger partial charge is 0.480 e. The number of likely N-dealkylation sites (tertiary alicyclic amines) is 1. The van der Waals surface area contributed by atoms with Crippen molar-refractivity contribution in [3.05, 3.63) is 0 Å². The third-order valence-electron chi connectivity index (χ3n) is 3.00. The first kappa shape index (κ1) is 13.6. The van der Waals surface area contributed by atoms with Crippen LogP contribution in [0.3, 0.4) is 0 Å². The predicted molar refractivity (Wildman–Crippen MR) is 58.2 cm³/mol. The van der Waals surface area contributed by atoms with Crippen LogP contribution in [0, 0.1) is 5.41 Å². The fourth-order valence-electron chi connectivity index (χ4n) is 1.76. The van der Waals surface area contributed by atoms with Gasteiger partial charge in [-0.3, -0.25) is 9.59 Å². The molecule has 1 heterocycles. The highest BCUT2D eigenvalue weighted by Crippen LogP contribution is 2.22. The van der Waals surface area contributed by atoms with Crippen molar-refractivity contribution in [2.24, 2.45) is 5.41 Å². The Hall–Kier alpha value is -1.43. The van der Waals surface area contributed by atoms with Crippen molar-refractivity contribution in [3.63, 3.8) is 0 Å². The van der Waals surface area contributed by atoms with Gasteiger partial charge in [-0.25, -0.2) is 4.79 Å². The normalized spacial score (nSPS) is 20.4. The van der Waals surface area contributed by atoms with Gasteiger partial charge in [0.05, 0.1) is 12.0 Å². The third kappa shape index (κ3) is 2.63. The van der Waals surface area contributed by atoms with Crippen LogP contribution in [0.5, 0.6) is 0 Å². The van der Waals surface area contributed by atoms with Gasteiger partial charge in [0.15, 0.2) is 0 Å². The summed E-state index contributed by atoms with van der Waals surface area (Å²) < 4.78 is 0. The van der Waals surface area contributed by atoms with E-state index in [9.17, 15) is 14.4 Å². The van der Waals surface area contributed by atoms with Crippen molar-refractivity contribution in [3.8, 4) is 0 Å². The van der Waals surface area contributed by atoms with Gasteiger partial charge < -0.3 is 15.1 Å². The number of carbonyl (C=O) groups excluding carboxylic acids is 2. The monoisotopic (exact) mass is 243 g/mol. The molecule has 0 spiro atoms. The van der Waals surface area contributed by atoms with Crippen molar-refractivity contribution >= 4 is 17.7 Å². The van der Waals surface area contributed by atoms with Crippen LogP contribution in [-0.2, 0) is 14.4 Å². The van der Waals surface area contributed by atoms with Crippen LogP contribution in [0.15, 0.2) is 0 Å². The van der Waals surface area contributed by atoms with Gasteiger partial charge in [-0.1, -0.05) is 13.8 Å². The summed E-state index contributed by atoms with van der Waals surface area (Å²) in [6.07, 6.45) is 0.948. The smallest absolute Gasteiger partial charge is 0.326 e. The summed E-state index contributed by atoms with van der Waals surface area (Å²) in [7, 11) is 0. The Kier molecular flexibility index (Phi) is 3.87. The SMILES string of the molecule is CC(C)(CO)C(=O)C(=O)N1CCC[C@H]1C(=O)O. The number of hydrogen-bond acceptors (Lipinski definition) is 4. The van der Waals surface area contributed by atoms with Crippen molar-refractivity contribution in [1.82, 2.24) is 4.90 Å². The summed E-state index contributed by atoms with van der Waals surface area (Å²) in [4.78, 5) is 35.7. The first-order valence-electron chi connectivity index (χ1n) is 5.50. The molecule has 6 heteroatoms. The van der Waals surface area contributed by atoms with E-state index in [-0.39, 0.29) is 6.54 Å². The second kappa shape index (κ2) is 4.83. The van der Waals surface area contributed by atoms with Gasteiger partial charge in [0, 0.05) is 6.54 Å². The number of rotatable bonds is 4. The standard InChI is InChI=1S/C11H17NO5/c1-11(2,6-13)8(14)9(15)12-5-3-4-7(12)10(16)17/h7,13H,3-6H2,1-2H3,(H,16,17)/t7-/m0/s1. The molecule has 17 heavy (non-hydrogen) atoms. The lowest BCUT2D eigenvalue weighted by molar-refractivity contribution is -0.155. The topological polar surface area (TPSA) is 94.9 Å². The van der Waals surface area contributed by atoms with E-state index in [4.69, 9.17) is 10.2 Å². The minimum Gasteiger partial charge on any atom is -0.480 e. The van der Waals surface area contributed by atoms with E-state index in [1.165, 1.54) is 13.8 Å². The maximum absolute atomic E-state index is 11.9. The minimum absolute atomic E-state index is 0.281. The number of hydrogen-bond donors (Lipinski definition) is 2. The molecule has 1 aliphatic heterocycles. The highest BCUT2D eigenvalue weighted by Gasteiger charge is 2.41. The molecule has 1 aliphatic rings. The van der Waals surface area contributed by atoms with Crippen molar-refractivity contribution in [2.75, 3.05) is 13.2 Å².